The maximum Gasteiger partial charge on any atom is 0.159 e. The number of nitrogens with one attached hydrogen (secondary N) is 2. The molecular formula is C29H31N7O. The molecule has 8 heteroatoms. The number of likely N-dealkylation sites (tertiary alicyclic amines) is 1. The maximum absolute atomic E-state index is 5.99. The van der Waals surface area contributed by atoms with Crippen molar-refractivity contribution in [2.45, 2.75) is 38.1 Å². The van der Waals surface area contributed by atoms with E-state index < -0.39 is 0 Å². The van der Waals surface area contributed by atoms with Crippen molar-refractivity contribution in [1.29, 1.82) is 0 Å². The predicted molar refractivity (Wildman–Crippen MR) is 146 cm³/mol. The Hall–Kier alpha value is -3.91. The smallest absolute Gasteiger partial charge is 0.159 e. The molecule has 0 aliphatic carbocycles. The Kier molecular flexibility index (Phi) is 5.74. The largest absolute Gasteiger partial charge is 0.456 e. The molecule has 2 aliphatic rings. The highest BCUT2D eigenvalue weighted by molar-refractivity contribution is 5.94. The van der Waals surface area contributed by atoms with Crippen LogP contribution in [-0.2, 0) is 0 Å². The fourth-order valence-corrected chi connectivity index (χ4v) is 5.86. The monoisotopic (exact) mass is 493 g/mol. The first-order chi connectivity index (χ1) is 18.3. The number of benzene rings is 2. The first-order valence-electron chi connectivity index (χ1n) is 13.4. The van der Waals surface area contributed by atoms with Crippen molar-refractivity contribution in [1.82, 2.24) is 30.0 Å². The Morgan fingerprint density at radius 2 is 1.76 bits per heavy atom. The molecule has 188 valence electrons. The van der Waals surface area contributed by atoms with Crippen molar-refractivity contribution in [3.8, 4) is 23.0 Å². The van der Waals surface area contributed by atoms with Crippen molar-refractivity contribution in [3.63, 3.8) is 0 Å². The van der Waals surface area contributed by atoms with Crippen LogP contribution in [0.1, 0.15) is 32.1 Å². The molecule has 2 aromatic carbocycles. The summed E-state index contributed by atoms with van der Waals surface area (Å²) in [5.41, 5.74) is 4.96. The van der Waals surface area contributed by atoms with Gasteiger partial charge in [-0.2, -0.15) is 5.10 Å². The van der Waals surface area contributed by atoms with Crippen LogP contribution in [0.2, 0.25) is 0 Å². The van der Waals surface area contributed by atoms with Crippen LogP contribution in [0.15, 0.2) is 60.9 Å². The number of aromatic amines is 2. The van der Waals surface area contributed by atoms with Gasteiger partial charge in [0.15, 0.2) is 5.82 Å². The Morgan fingerprint density at radius 1 is 0.865 bits per heavy atom. The average molecular weight is 494 g/mol. The maximum atomic E-state index is 5.99. The number of anilines is 1. The van der Waals surface area contributed by atoms with E-state index in [1.54, 1.807) is 12.4 Å². The molecule has 0 unspecified atom stereocenters. The summed E-state index contributed by atoms with van der Waals surface area (Å²) in [6, 6.07) is 17.0. The van der Waals surface area contributed by atoms with Gasteiger partial charge in [-0.15, -0.1) is 0 Å². The van der Waals surface area contributed by atoms with E-state index in [-0.39, 0.29) is 0 Å². The van der Waals surface area contributed by atoms with Gasteiger partial charge in [0.2, 0.25) is 0 Å². The van der Waals surface area contributed by atoms with E-state index in [0.717, 1.165) is 58.3 Å². The first kappa shape index (κ1) is 22.3. The number of rotatable bonds is 5. The minimum atomic E-state index is 0.697. The van der Waals surface area contributed by atoms with Crippen LogP contribution in [-0.4, -0.2) is 62.3 Å². The zero-order valence-electron chi connectivity index (χ0n) is 20.9. The SMILES string of the molecule is c1cncc(Oc2ccc3[nH]nc(-c4nc5ccc(N6CCC(N7CCCCC7)CC6)cc5[nH]4)c3c2)c1. The molecule has 0 spiro atoms. The highest BCUT2D eigenvalue weighted by atomic mass is 16.5. The van der Waals surface area contributed by atoms with Crippen molar-refractivity contribution >= 4 is 27.6 Å². The normalized spacial score (nSPS) is 17.6. The fraction of sp³-hybridized carbons (Fsp3) is 0.345. The molecule has 0 amide bonds. The summed E-state index contributed by atoms with van der Waals surface area (Å²) in [6.07, 6.45) is 10.1. The minimum Gasteiger partial charge on any atom is -0.456 e. The molecule has 7 rings (SSSR count). The number of hydrogen-bond acceptors (Lipinski definition) is 6. The number of fused-ring (bicyclic) bond motifs is 2. The number of pyridine rings is 1. The van der Waals surface area contributed by atoms with Crippen LogP contribution in [0.5, 0.6) is 11.5 Å². The molecule has 0 saturated carbocycles. The summed E-state index contributed by atoms with van der Waals surface area (Å²) in [5, 5.41) is 8.66. The molecule has 0 bridgehead atoms. The number of nitrogens with zero attached hydrogens (tertiary/aromatic N) is 5. The van der Waals surface area contributed by atoms with E-state index in [9.17, 15) is 0 Å². The minimum absolute atomic E-state index is 0.697. The van der Waals surface area contributed by atoms with Crippen LogP contribution >= 0.6 is 0 Å². The molecule has 3 aromatic heterocycles. The van der Waals surface area contributed by atoms with E-state index >= 15 is 0 Å². The van der Waals surface area contributed by atoms with Gasteiger partial charge in [-0.3, -0.25) is 10.1 Å². The second-order valence-electron chi connectivity index (χ2n) is 10.2. The van der Waals surface area contributed by atoms with Gasteiger partial charge in [0.05, 0.1) is 22.7 Å². The summed E-state index contributed by atoms with van der Waals surface area (Å²) < 4.78 is 5.99. The summed E-state index contributed by atoms with van der Waals surface area (Å²) >= 11 is 0. The number of hydrogen-bond donors (Lipinski definition) is 2. The van der Waals surface area contributed by atoms with Gasteiger partial charge in [-0.1, -0.05) is 6.42 Å². The summed E-state index contributed by atoms with van der Waals surface area (Å²) in [7, 11) is 0. The van der Waals surface area contributed by atoms with E-state index in [0.29, 0.717) is 5.75 Å². The van der Waals surface area contributed by atoms with Crippen LogP contribution < -0.4 is 9.64 Å². The molecule has 2 saturated heterocycles. The van der Waals surface area contributed by atoms with Crippen LogP contribution in [0.3, 0.4) is 0 Å². The van der Waals surface area contributed by atoms with Gasteiger partial charge in [-0.25, -0.2) is 4.98 Å². The van der Waals surface area contributed by atoms with Crippen molar-refractivity contribution < 1.29 is 4.74 Å². The predicted octanol–water partition coefficient (Wildman–Crippen LogP) is 5.75. The zero-order valence-corrected chi connectivity index (χ0v) is 20.9. The van der Waals surface area contributed by atoms with Crippen molar-refractivity contribution in [2.75, 3.05) is 31.1 Å². The van der Waals surface area contributed by atoms with Crippen LogP contribution in [0.25, 0.3) is 33.5 Å². The third-order valence-corrected chi connectivity index (χ3v) is 7.83. The van der Waals surface area contributed by atoms with E-state index in [1.165, 1.54) is 50.9 Å². The number of ether oxygens (including phenoxy) is 1. The lowest BCUT2D eigenvalue weighted by molar-refractivity contribution is 0.141. The topological polar surface area (TPSA) is 86.0 Å². The number of H-pyrrole nitrogens is 2. The lowest BCUT2D eigenvalue weighted by Crippen LogP contribution is -2.46. The van der Waals surface area contributed by atoms with E-state index in [4.69, 9.17) is 9.72 Å². The Balaban J connectivity index is 1.12. The molecule has 37 heavy (non-hydrogen) atoms. The third kappa shape index (κ3) is 4.42. The third-order valence-electron chi connectivity index (χ3n) is 7.83. The van der Waals surface area contributed by atoms with E-state index in [1.807, 2.05) is 30.3 Å². The number of imidazole rings is 1. The highest BCUT2D eigenvalue weighted by Gasteiger charge is 2.26. The van der Waals surface area contributed by atoms with Crippen molar-refractivity contribution in [3.05, 3.63) is 60.9 Å². The van der Waals surface area contributed by atoms with Gasteiger partial charge < -0.3 is 19.5 Å². The average Bonchev–Trinajstić information content (AvgIpc) is 3.57. The molecule has 8 nitrogen and oxygen atoms in total. The summed E-state index contributed by atoms with van der Waals surface area (Å²) in [6.45, 7) is 4.79. The van der Waals surface area contributed by atoms with E-state index in [2.05, 4.69) is 48.2 Å². The summed E-state index contributed by atoms with van der Waals surface area (Å²) in [4.78, 5) is 17.8. The first-order valence-corrected chi connectivity index (χ1v) is 13.4. The molecule has 2 N–H and O–H groups in total. The molecule has 2 fully saturated rings. The second kappa shape index (κ2) is 9.52. The lowest BCUT2D eigenvalue weighted by Gasteiger charge is -2.41. The van der Waals surface area contributed by atoms with Gasteiger partial charge in [0.1, 0.15) is 17.2 Å². The fourth-order valence-electron chi connectivity index (χ4n) is 5.86. The molecule has 2 aliphatic heterocycles. The van der Waals surface area contributed by atoms with Gasteiger partial charge in [-0.05, 0) is 87.3 Å². The lowest BCUT2D eigenvalue weighted by atomic mass is 9.99. The molecule has 0 atom stereocenters. The van der Waals surface area contributed by atoms with Gasteiger partial charge in [0, 0.05) is 36.4 Å². The Morgan fingerprint density at radius 3 is 2.59 bits per heavy atom. The summed E-state index contributed by atoms with van der Waals surface area (Å²) in [5.74, 6) is 2.18. The molecule has 0 radical (unpaired) electrons. The van der Waals surface area contributed by atoms with Crippen molar-refractivity contribution in [2.24, 2.45) is 0 Å². The van der Waals surface area contributed by atoms with Crippen LogP contribution in [0, 0.1) is 0 Å². The van der Waals surface area contributed by atoms with Gasteiger partial charge >= 0.3 is 0 Å². The second-order valence-corrected chi connectivity index (χ2v) is 10.2. The number of piperidine rings is 2. The Labute approximate surface area is 215 Å². The van der Waals surface area contributed by atoms with Crippen LogP contribution in [0.4, 0.5) is 5.69 Å². The Bertz CT molecular complexity index is 1510. The standard InChI is InChI=1S/C29H31N7O/c1-2-13-35(14-3-1)20-10-15-36(16-11-20)21-6-8-26-27(17-21)32-29(31-26)28-24-18-22(7-9-25(24)33-34-28)37-23-5-4-12-30-19-23/h4-9,12,17-20H,1-3,10-11,13-16H2,(H,31,32)(H,33,34). The van der Waals surface area contributed by atoms with Gasteiger partial charge in [0.25, 0.3) is 0 Å². The number of aromatic nitrogens is 5. The quantitative estimate of drug-likeness (QED) is 0.324. The molecular weight excluding hydrogens is 462 g/mol. The highest BCUT2D eigenvalue weighted by Crippen LogP contribution is 2.32. The zero-order chi connectivity index (χ0) is 24.6. The molecule has 5 aromatic rings. The molecule has 5 heterocycles.